The summed E-state index contributed by atoms with van der Waals surface area (Å²) < 4.78 is 0. The number of hydrogen-bond donors (Lipinski definition) is 1. The monoisotopic (exact) mass is 194 g/mol. The topological polar surface area (TPSA) is 47.8 Å². The van der Waals surface area contributed by atoms with Gasteiger partial charge in [-0.05, 0) is 12.5 Å². The second-order valence-electron chi connectivity index (χ2n) is 3.78. The Labute approximate surface area is 83.1 Å². The van der Waals surface area contributed by atoms with Gasteiger partial charge in [-0.15, -0.1) is 0 Å². The Kier molecular flexibility index (Phi) is 2.39. The lowest BCUT2D eigenvalue weighted by Crippen LogP contribution is -3.02. The highest BCUT2D eigenvalue weighted by Crippen LogP contribution is 2.23. The van der Waals surface area contributed by atoms with Gasteiger partial charge >= 0.3 is 0 Å². The number of likely N-dealkylation sites (tertiary alicyclic amines) is 1. The normalized spacial score (nSPS) is 32.3. The molecule has 0 radical (unpaired) electrons. The summed E-state index contributed by atoms with van der Waals surface area (Å²) in [6.07, 6.45) is 6.93. The van der Waals surface area contributed by atoms with E-state index in [2.05, 4.69) is 0 Å². The number of hydroxylamine groups is 2. The molecule has 14 heavy (non-hydrogen) atoms. The zero-order valence-corrected chi connectivity index (χ0v) is 8.19. The Hall–Kier alpha value is -1.13. The Bertz CT molecular complexity index is 309. The standard InChI is InChI=1S/C10H14N2O2/c1-11-9(4-5-10(11)13)8-3-2-6-12(14)7-8/h2-3,7,9,12H,4-6H2,1H3/t9-/m0/s1. The van der Waals surface area contributed by atoms with Crippen LogP contribution in [0.3, 0.4) is 0 Å². The maximum absolute atomic E-state index is 11.3. The van der Waals surface area contributed by atoms with E-state index in [9.17, 15) is 10.0 Å². The minimum atomic E-state index is 0.114. The summed E-state index contributed by atoms with van der Waals surface area (Å²) in [5.74, 6) is 0.169. The molecule has 0 aliphatic carbocycles. The molecule has 0 aromatic heterocycles. The molecule has 0 spiro atoms. The van der Waals surface area contributed by atoms with Crippen LogP contribution in [0.2, 0.25) is 0 Å². The van der Waals surface area contributed by atoms with Crippen molar-refractivity contribution in [3.8, 4) is 0 Å². The summed E-state index contributed by atoms with van der Waals surface area (Å²) in [5.41, 5.74) is 0.981. The summed E-state index contributed by atoms with van der Waals surface area (Å²) >= 11 is 0. The zero-order valence-electron chi connectivity index (χ0n) is 8.19. The molecule has 1 N–H and O–H groups in total. The molecule has 1 amide bonds. The van der Waals surface area contributed by atoms with Gasteiger partial charge in [-0.2, -0.15) is 0 Å². The minimum Gasteiger partial charge on any atom is -0.629 e. The van der Waals surface area contributed by atoms with Crippen LogP contribution in [0.15, 0.2) is 23.9 Å². The van der Waals surface area contributed by atoms with Crippen LogP contribution in [0.25, 0.3) is 0 Å². The molecule has 2 atom stereocenters. The third-order valence-electron chi connectivity index (χ3n) is 2.83. The van der Waals surface area contributed by atoms with Gasteiger partial charge < -0.3 is 15.2 Å². The molecule has 2 aliphatic heterocycles. The number of rotatable bonds is 1. The van der Waals surface area contributed by atoms with Crippen molar-refractivity contribution in [3.05, 3.63) is 29.1 Å². The van der Waals surface area contributed by atoms with Gasteiger partial charge in [0.2, 0.25) is 5.91 Å². The van der Waals surface area contributed by atoms with Crippen molar-refractivity contribution in [2.24, 2.45) is 0 Å². The SMILES string of the molecule is CN1C(=O)CC[C@H]1C1=C[NH+]([O-])CC=C1. The van der Waals surface area contributed by atoms with E-state index >= 15 is 0 Å². The second kappa shape index (κ2) is 3.55. The highest BCUT2D eigenvalue weighted by atomic mass is 16.5. The zero-order chi connectivity index (χ0) is 10.1. The number of nitrogens with zero attached hydrogens (tertiary/aromatic N) is 1. The average Bonchev–Trinajstić information content (AvgIpc) is 2.48. The van der Waals surface area contributed by atoms with Crippen molar-refractivity contribution in [1.29, 1.82) is 0 Å². The van der Waals surface area contributed by atoms with Crippen LogP contribution in [0.1, 0.15) is 12.8 Å². The summed E-state index contributed by atoms with van der Waals surface area (Å²) in [4.78, 5) is 13.0. The predicted molar refractivity (Wildman–Crippen MR) is 52.2 cm³/mol. The number of likely N-dealkylation sites (N-methyl/N-ethyl adjacent to an activating group) is 1. The van der Waals surface area contributed by atoms with E-state index in [1.165, 1.54) is 0 Å². The molecule has 4 heteroatoms. The van der Waals surface area contributed by atoms with Crippen molar-refractivity contribution in [3.63, 3.8) is 0 Å². The lowest BCUT2D eigenvalue weighted by atomic mass is 10.0. The molecule has 2 heterocycles. The maximum atomic E-state index is 11.3. The van der Waals surface area contributed by atoms with Gasteiger partial charge in [0.25, 0.3) is 0 Å². The first-order valence-corrected chi connectivity index (χ1v) is 4.85. The number of quaternary nitrogens is 1. The van der Waals surface area contributed by atoms with Crippen molar-refractivity contribution >= 4 is 5.91 Å². The third kappa shape index (κ3) is 1.58. The lowest BCUT2D eigenvalue weighted by Gasteiger charge is -2.26. The first-order valence-electron chi connectivity index (χ1n) is 4.85. The van der Waals surface area contributed by atoms with Crippen LogP contribution >= 0.6 is 0 Å². The molecule has 76 valence electrons. The van der Waals surface area contributed by atoms with Crippen LogP contribution in [0.4, 0.5) is 0 Å². The molecule has 0 bridgehead atoms. The fourth-order valence-corrected chi connectivity index (χ4v) is 2.01. The highest BCUT2D eigenvalue weighted by molar-refractivity contribution is 5.79. The quantitative estimate of drug-likeness (QED) is 0.569. The molecular weight excluding hydrogens is 180 g/mol. The van der Waals surface area contributed by atoms with Crippen LogP contribution in [0, 0.1) is 5.21 Å². The van der Waals surface area contributed by atoms with E-state index in [-0.39, 0.29) is 17.0 Å². The third-order valence-corrected chi connectivity index (χ3v) is 2.83. The maximum Gasteiger partial charge on any atom is 0.222 e. The molecule has 2 aliphatic rings. The molecule has 0 aromatic carbocycles. The number of nitrogens with one attached hydrogen (secondary N) is 1. The predicted octanol–water partition coefficient (Wildman–Crippen LogP) is -0.556. The van der Waals surface area contributed by atoms with Gasteiger partial charge in [0.15, 0.2) is 0 Å². The van der Waals surface area contributed by atoms with Crippen molar-refractivity contribution in [1.82, 2.24) is 4.90 Å². The van der Waals surface area contributed by atoms with Crippen LogP contribution in [0.5, 0.6) is 0 Å². The van der Waals surface area contributed by atoms with E-state index in [1.54, 1.807) is 18.1 Å². The fraction of sp³-hybridized carbons (Fsp3) is 0.500. The van der Waals surface area contributed by atoms with Gasteiger partial charge in [0.1, 0.15) is 6.54 Å². The molecule has 4 nitrogen and oxygen atoms in total. The van der Waals surface area contributed by atoms with E-state index in [4.69, 9.17) is 0 Å². The van der Waals surface area contributed by atoms with Gasteiger partial charge in [-0.3, -0.25) is 4.79 Å². The van der Waals surface area contributed by atoms with Crippen molar-refractivity contribution in [2.45, 2.75) is 18.9 Å². The highest BCUT2D eigenvalue weighted by Gasteiger charge is 2.30. The Morgan fingerprint density at radius 1 is 1.64 bits per heavy atom. The number of amides is 1. The van der Waals surface area contributed by atoms with Gasteiger partial charge in [-0.25, -0.2) is 0 Å². The molecule has 2 rings (SSSR count). The Balaban J connectivity index is 2.16. The fourth-order valence-electron chi connectivity index (χ4n) is 2.01. The molecule has 0 saturated carbocycles. The molecule has 1 unspecified atom stereocenters. The summed E-state index contributed by atoms with van der Waals surface area (Å²) in [5, 5.41) is 11.3. The van der Waals surface area contributed by atoms with Crippen LogP contribution in [-0.4, -0.2) is 30.4 Å². The molecule has 0 aromatic rings. The second-order valence-corrected chi connectivity index (χ2v) is 3.78. The summed E-state index contributed by atoms with van der Waals surface area (Å²) in [6.45, 7) is 0.494. The molecule has 1 saturated heterocycles. The smallest absolute Gasteiger partial charge is 0.222 e. The minimum absolute atomic E-state index is 0.114. The Morgan fingerprint density at radius 3 is 3.00 bits per heavy atom. The van der Waals surface area contributed by atoms with Gasteiger partial charge in [0.05, 0.1) is 12.2 Å². The van der Waals surface area contributed by atoms with E-state index in [0.29, 0.717) is 13.0 Å². The van der Waals surface area contributed by atoms with Gasteiger partial charge in [-0.1, -0.05) is 6.08 Å². The largest absolute Gasteiger partial charge is 0.629 e. The molecule has 1 fully saturated rings. The van der Waals surface area contributed by atoms with E-state index < -0.39 is 0 Å². The Morgan fingerprint density at radius 2 is 2.43 bits per heavy atom. The number of carbonyl (C=O) groups is 1. The summed E-state index contributed by atoms with van der Waals surface area (Å²) in [6, 6.07) is 0.114. The number of carbonyl (C=O) groups excluding carboxylic acids is 1. The van der Waals surface area contributed by atoms with Crippen LogP contribution in [-0.2, 0) is 4.79 Å². The van der Waals surface area contributed by atoms with Gasteiger partial charge in [0, 0.05) is 19.0 Å². The lowest BCUT2D eigenvalue weighted by molar-refractivity contribution is -0.785. The summed E-state index contributed by atoms with van der Waals surface area (Å²) in [7, 11) is 1.80. The first-order chi connectivity index (χ1) is 6.68. The van der Waals surface area contributed by atoms with E-state index in [0.717, 1.165) is 12.0 Å². The first kappa shape index (κ1) is 9.43. The van der Waals surface area contributed by atoms with Crippen molar-refractivity contribution in [2.75, 3.05) is 13.6 Å². The average molecular weight is 194 g/mol. The molecular formula is C10H14N2O2. The van der Waals surface area contributed by atoms with Crippen LogP contribution < -0.4 is 5.06 Å². The van der Waals surface area contributed by atoms with E-state index in [1.807, 2.05) is 12.2 Å². The number of hydrogen-bond acceptors (Lipinski definition) is 2. The van der Waals surface area contributed by atoms with Crippen molar-refractivity contribution < 1.29 is 9.86 Å².